The summed E-state index contributed by atoms with van der Waals surface area (Å²) in [6, 6.07) is 7.22. The van der Waals surface area contributed by atoms with Crippen molar-refractivity contribution in [1.29, 1.82) is 0 Å². The van der Waals surface area contributed by atoms with Crippen LogP contribution in [0.5, 0.6) is 0 Å². The van der Waals surface area contributed by atoms with Crippen molar-refractivity contribution in [1.82, 2.24) is 9.97 Å². The van der Waals surface area contributed by atoms with E-state index in [1.807, 2.05) is 18.4 Å². The molecule has 0 aliphatic heterocycles. The molecule has 0 saturated carbocycles. The molecule has 5 nitrogen and oxygen atoms in total. The molecule has 0 spiro atoms. The number of hydrogen-bond donors (Lipinski definition) is 2. The number of rotatable bonds is 4. The first-order chi connectivity index (χ1) is 8.51. The molecule has 1 aromatic heterocycles. The molecule has 0 atom stereocenters. The molecule has 0 aliphatic carbocycles. The highest BCUT2D eigenvalue weighted by atomic mass is 32.2. The number of H-pyrrole nitrogens is 1. The molecule has 96 valence electrons. The van der Waals surface area contributed by atoms with Gasteiger partial charge in [-0.25, -0.2) is 4.98 Å². The second-order valence-corrected chi connectivity index (χ2v) is 6.20. The van der Waals surface area contributed by atoms with E-state index in [9.17, 15) is 8.42 Å². The average molecular weight is 283 g/mol. The number of benzene rings is 1. The Morgan fingerprint density at radius 3 is 2.78 bits per heavy atom. The van der Waals surface area contributed by atoms with Crippen LogP contribution in [-0.4, -0.2) is 24.6 Å². The van der Waals surface area contributed by atoms with Gasteiger partial charge in [0.2, 0.25) is 0 Å². The van der Waals surface area contributed by atoms with Gasteiger partial charge in [-0.3, -0.25) is 4.72 Å². The van der Waals surface area contributed by atoms with Gasteiger partial charge in [-0.15, -0.1) is 11.8 Å². The lowest BCUT2D eigenvalue weighted by Gasteiger charge is -2.07. The fraction of sp³-hybridized carbons (Fsp3) is 0.182. The summed E-state index contributed by atoms with van der Waals surface area (Å²) < 4.78 is 26.6. The Labute approximate surface area is 110 Å². The van der Waals surface area contributed by atoms with E-state index in [2.05, 4.69) is 14.7 Å². The summed E-state index contributed by atoms with van der Waals surface area (Å²) in [5, 5.41) is 0.0644. The van der Waals surface area contributed by atoms with Crippen molar-refractivity contribution in [2.45, 2.75) is 16.8 Å². The van der Waals surface area contributed by atoms with Gasteiger partial charge >= 0.3 is 0 Å². The summed E-state index contributed by atoms with van der Waals surface area (Å²) in [6.45, 7) is 1.70. The lowest BCUT2D eigenvalue weighted by molar-refractivity contribution is 0.598. The van der Waals surface area contributed by atoms with Crippen LogP contribution in [0, 0.1) is 6.92 Å². The number of nitrogens with zero attached hydrogens (tertiary/aromatic N) is 1. The zero-order valence-electron chi connectivity index (χ0n) is 9.97. The average Bonchev–Trinajstić information content (AvgIpc) is 2.76. The summed E-state index contributed by atoms with van der Waals surface area (Å²) in [6.07, 6.45) is 3.24. The maximum absolute atomic E-state index is 12.0. The first kappa shape index (κ1) is 13.0. The van der Waals surface area contributed by atoms with Gasteiger partial charge in [-0.05, 0) is 31.4 Å². The molecule has 2 aromatic rings. The van der Waals surface area contributed by atoms with Crippen LogP contribution >= 0.6 is 11.8 Å². The highest BCUT2D eigenvalue weighted by Gasteiger charge is 2.16. The van der Waals surface area contributed by atoms with Crippen molar-refractivity contribution in [3.8, 4) is 0 Å². The Bertz CT molecular complexity index is 650. The minimum Gasteiger partial charge on any atom is -0.332 e. The normalized spacial score (nSPS) is 11.4. The SMILES string of the molecule is CSc1cccc(NS(=O)(=O)c2cnc(C)[nH]2)c1. The second-order valence-electron chi connectivity index (χ2n) is 3.67. The number of nitrogens with one attached hydrogen (secondary N) is 2. The fourth-order valence-electron chi connectivity index (χ4n) is 1.43. The number of aromatic nitrogens is 2. The smallest absolute Gasteiger partial charge is 0.278 e. The van der Waals surface area contributed by atoms with Crippen LogP contribution in [0.15, 0.2) is 40.4 Å². The van der Waals surface area contributed by atoms with Crippen LogP contribution in [0.3, 0.4) is 0 Å². The van der Waals surface area contributed by atoms with Crippen molar-refractivity contribution in [2.75, 3.05) is 11.0 Å². The van der Waals surface area contributed by atoms with Crippen molar-refractivity contribution in [2.24, 2.45) is 0 Å². The third-order valence-electron chi connectivity index (χ3n) is 2.29. The molecule has 0 amide bonds. The van der Waals surface area contributed by atoms with Crippen molar-refractivity contribution in [3.05, 3.63) is 36.3 Å². The molecule has 0 unspecified atom stereocenters. The van der Waals surface area contributed by atoms with Crippen molar-refractivity contribution in [3.63, 3.8) is 0 Å². The van der Waals surface area contributed by atoms with Gasteiger partial charge in [0.1, 0.15) is 5.82 Å². The molecule has 2 N–H and O–H groups in total. The van der Waals surface area contributed by atoms with Gasteiger partial charge in [-0.2, -0.15) is 8.42 Å². The van der Waals surface area contributed by atoms with Gasteiger partial charge in [0.15, 0.2) is 5.03 Å². The molecule has 0 aliphatic rings. The Morgan fingerprint density at radius 2 is 2.17 bits per heavy atom. The minimum atomic E-state index is -3.59. The number of aryl methyl sites for hydroxylation is 1. The maximum Gasteiger partial charge on any atom is 0.278 e. The zero-order valence-corrected chi connectivity index (χ0v) is 11.6. The monoisotopic (exact) mass is 283 g/mol. The molecule has 2 rings (SSSR count). The fourth-order valence-corrected chi connectivity index (χ4v) is 2.91. The van der Waals surface area contributed by atoms with Crippen LogP contribution in [-0.2, 0) is 10.0 Å². The zero-order chi connectivity index (χ0) is 13.2. The number of sulfonamides is 1. The second kappa shape index (κ2) is 5.03. The highest BCUT2D eigenvalue weighted by molar-refractivity contribution is 7.98. The van der Waals surface area contributed by atoms with Gasteiger partial charge in [0, 0.05) is 10.6 Å². The number of aromatic amines is 1. The quantitative estimate of drug-likeness (QED) is 0.844. The molecule has 7 heteroatoms. The van der Waals surface area contributed by atoms with E-state index in [4.69, 9.17) is 0 Å². The molecular formula is C11H13N3O2S2. The lowest BCUT2D eigenvalue weighted by Crippen LogP contribution is -2.13. The van der Waals surface area contributed by atoms with Crippen molar-refractivity contribution >= 4 is 27.5 Å². The third-order valence-corrected chi connectivity index (χ3v) is 4.31. The van der Waals surface area contributed by atoms with E-state index in [1.165, 1.54) is 6.20 Å². The number of thioether (sulfide) groups is 1. The summed E-state index contributed by atoms with van der Waals surface area (Å²) in [5.74, 6) is 0.563. The maximum atomic E-state index is 12.0. The lowest BCUT2D eigenvalue weighted by atomic mass is 10.3. The van der Waals surface area contributed by atoms with E-state index in [0.29, 0.717) is 11.5 Å². The van der Waals surface area contributed by atoms with Gasteiger partial charge in [0.25, 0.3) is 10.0 Å². The topological polar surface area (TPSA) is 74.8 Å². The number of imidazole rings is 1. The van der Waals surface area contributed by atoms with Gasteiger partial charge < -0.3 is 4.98 Å². The minimum absolute atomic E-state index is 0.0644. The molecule has 18 heavy (non-hydrogen) atoms. The Hall–Kier alpha value is -1.47. The van der Waals surface area contributed by atoms with E-state index < -0.39 is 10.0 Å². The van der Waals surface area contributed by atoms with Crippen LogP contribution in [0.4, 0.5) is 5.69 Å². The van der Waals surface area contributed by atoms with Crippen LogP contribution in [0.2, 0.25) is 0 Å². The van der Waals surface area contributed by atoms with E-state index in [1.54, 1.807) is 30.8 Å². The first-order valence-electron chi connectivity index (χ1n) is 5.20. The van der Waals surface area contributed by atoms with Crippen LogP contribution < -0.4 is 4.72 Å². The van der Waals surface area contributed by atoms with Gasteiger partial charge in [-0.1, -0.05) is 6.07 Å². The summed E-state index contributed by atoms with van der Waals surface area (Å²) in [4.78, 5) is 7.57. The predicted octanol–water partition coefficient (Wildman–Crippen LogP) is 2.24. The predicted molar refractivity (Wildman–Crippen MR) is 72.4 cm³/mol. The summed E-state index contributed by atoms with van der Waals surface area (Å²) in [7, 11) is -3.59. The van der Waals surface area contributed by atoms with E-state index in [0.717, 1.165) is 4.90 Å². The molecule has 1 aromatic carbocycles. The Balaban J connectivity index is 2.27. The molecule has 0 saturated heterocycles. The third kappa shape index (κ3) is 2.85. The Morgan fingerprint density at radius 1 is 1.39 bits per heavy atom. The van der Waals surface area contributed by atoms with Crippen LogP contribution in [0.25, 0.3) is 0 Å². The highest BCUT2D eigenvalue weighted by Crippen LogP contribution is 2.21. The standard InChI is InChI=1S/C11H13N3O2S2/c1-8-12-7-11(13-8)18(15,16)14-9-4-3-5-10(6-9)17-2/h3-7,14H,1-2H3,(H,12,13). The van der Waals surface area contributed by atoms with Crippen molar-refractivity contribution < 1.29 is 8.42 Å². The van der Waals surface area contributed by atoms with E-state index >= 15 is 0 Å². The van der Waals surface area contributed by atoms with Crippen LogP contribution in [0.1, 0.15) is 5.82 Å². The molecule has 0 bridgehead atoms. The first-order valence-corrected chi connectivity index (χ1v) is 7.90. The molecular weight excluding hydrogens is 270 g/mol. The number of hydrogen-bond acceptors (Lipinski definition) is 4. The molecule has 0 radical (unpaired) electrons. The Kier molecular flexibility index (Phi) is 3.63. The number of anilines is 1. The van der Waals surface area contributed by atoms with Gasteiger partial charge in [0.05, 0.1) is 6.20 Å². The largest absolute Gasteiger partial charge is 0.332 e. The summed E-state index contributed by atoms with van der Waals surface area (Å²) >= 11 is 1.55. The molecule has 1 heterocycles. The van der Waals surface area contributed by atoms with E-state index in [-0.39, 0.29) is 5.03 Å². The molecule has 0 fully saturated rings. The summed E-state index contributed by atoms with van der Waals surface area (Å²) in [5.41, 5.74) is 0.536.